The van der Waals surface area contributed by atoms with E-state index in [4.69, 9.17) is 9.52 Å². The van der Waals surface area contributed by atoms with Crippen molar-refractivity contribution in [3.63, 3.8) is 0 Å². The summed E-state index contributed by atoms with van der Waals surface area (Å²) >= 11 is 0. The SMILES string of the molecule is CC.CNc1nc2cc(-c3nn(Cc4ccc5c(c4)CCNC5)c4ncnc(NC)c34)ccc2o1. The van der Waals surface area contributed by atoms with E-state index < -0.39 is 0 Å². The fourth-order valence-electron chi connectivity index (χ4n) is 4.49. The second-order valence-corrected chi connectivity index (χ2v) is 8.16. The molecule has 0 bridgehead atoms. The zero-order chi connectivity index (χ0) is 24.4. The molecule has 3 N–H and O–H groups in total. The van der Waals surface area contributed by atoms with Crippen molar-refractivity contribution < 1.29 is 4.42 Å². The first kappa shape index (κ1) is 22.8. The van der Waals surface area contributed by atoms with Gasteiger partial charge < -0.3 is 20.4 Å². The van der Waals surface area contributed by atoms with Crippen molar-refractivity contribution in [2.24, 2.45) is 0 Å². The zero-order valence-electron chi connectivity index (χ0n) is 20.5. The molecular formula is C26H30N8O. The van der Waals surface area contributed by atoms with Crippen LogP contribution >= 0.6 is 0 Å². The third kappa shape index (κ3) is 4.19. The molecule has 0 amide bonds. The summed E-state index contributed by atoms with van der Waals surface area (Å²) < 4.78 is 7.64. The molecule has 2 aromatic carbocycles. The van der Waals surface area contributed by atoms with E-state index in [1.807, 2.05) is 43.8 Å². The van der Waals surface area contributed by atoms with E-state index in [2.05, 4.69) is 49.1 Å². The van der Waals surface area contributed by atoms with Crippen LogP contribution < -0.4 is 16.0 Å². The van der Waals surface area contributed by atoms with Crippen LogP contribution in [-0.2, 0) is 19.5 Å². The van der Waals surface area contributed by atoms with Gasteiger partial charge in [0, 0.05) is 26.2 Å². The van der Waals surface area contributed by atoms with Crippen molar-refractivity contribution in [3.8, 4) is 11.3 Å². The molecule has 9 heteroatoms. The Morgan fingerprint density at radius 1 is 1.03 bits per heavy atom. The Morgan fingerprint density at radius 3 is 2.74 bits per heavy atom. The van der Waals surface area contributed by atoms with Crippen LogP contribution in [0.25, 0.3) is 33.4 Å². The fourth-order valence-corrected chi connectivity index (χ4v) is 4.49. The van der Waals surface area contributed by atoms with Crippen molar-refractivity contribution in [2.75, 3.05) is 31.3 Å². The van der Waals surface area contributed by atoms with Gasteiger partial charge in [-0.1, -0.05) is 32.0 Å². The Labute approximate surface area is 204 Å². The third-order valence-electron chi connectivity index (χ3n) is 6.13. The van der Waals surface area contributed by atoms with Crippen LogP contribution in [0.1, 0.15) is 30.5 Å². The van der Waals surface area contributed by atoms with Gasteiger partial charge in [0.1, 0.15) is 23.4 Å². The van der Waals surface area contributed by atoms with Crippen LogP contribution in [0.15, 0.2) is 47.1 Å². The second-order valence-electron chi connectivity index (χ2n) is 8.16. The first-order chi connectivity index (χ1) is 17.2. The zero-order valence-corrected chi connectivity index (χ0v) is 20.5. The fraction of sp³-hybridized carbons (Fsp3) is 0.308. The molecule has 0 aliphatic carbocycles. The van der Waals surface area contributed by atoms with E-state index in [-0.39, 0.29) is 0 Å². The van der Waals surface area contributed by atoms with E-state index >= 15 is 0 Å². The predicted octanol–water partition coefficient (Wildman–Crippen LogP) is 4.44. The number of benzene rings is 2. The molecule has 9 nitrogen and oxygen atoms in total. The highest BCUT2D eigenvalue weighted by atomic mass is 16.4. The van der Waals surface area contributed by atoms with Gasteiger partial charge in [0.25, 0.3) is 6.01 Å². The molecule has 3 aromatic heterocycles. The lowest BCUT2D eigenvalue weighted by atomic mass is 9.98. The molecule has 0 spiro atoms. The number of nitrogens with zero attached hydrogens (tertiary/aromatic N) is 5. The number of aromatic nitrogens is 5. The summed E-state index contributed by atoms with van der Waals surface area (Å²) in [6.45, 7) is 6.58. The molecule has 5 aromatic rings. The molecule has 35 heavy (non-hydrogen) atoms. The highest BCUT2D eigenvalue weighted by Crippen LogP contribution is 2.33. The summed E-state index contributed by atoms with van der Waals surface area (Å²) in [7, 11) is 3.65. The van der Waals surface area contributed by atoms with Crippen LogP contribution in [0.3, 0.4) is 0 Å². The Morgan fingerprint density at radius 2 is 1.91 bits per heavy atom. The van der Waals surface area contributed by atoms with Crippen LogP contribution in [0, 0.1) is 0 Å². The molecular weight excluding hydrogens is 440 g/mol. The van der Waals surface area contributed by atoms with Gasteiger partial charge in [-0.15, -0.1) is 0 Å². The van der Waals surface area contributed by atoms with Gasteiger partial charge in [0.05, 0.1) is 11.9 Å². The molecule has 4 heterocycles. The number of hydrogen-bond donors (Lipinski definition) is 3. The minimum absolute atomic E-state index is 0.486. The standard InChI is InChI=1S/C24H24N8O.C2H6/c1-25-22-20-21(16-5-6-19-18(10-16)30-24(26-2)33-19)31-32(23(20)29-13-28-22)12-14-3-4-17-11-27-8-7-15(17)9-14;1-2/h3-6,9-10,13,27H,7-8,11-12H2,1-2H3,(H,26,30)(H,25,28,29);1-2H3. The summed E-state index contributed by atoms with van der Waals surface area (Å²) in [5.41, 5.74) is 8.02. The van der Waals surface area contributed by atoms with Gasteiger partial charge in [-0.05, 0) is 47.9 Å². The first-order valence-corrected chi connectivity index (χ1v) is 12.0. The molecule has 6 rings (SSSR count). The monoisotopic (exact) mass is 470 g/mol. The Balaban J connectivity index is 0.00000124. The van der Waals surface area contributed by atoms with E-state index in [1.165, 1.54) is 16.7 Å². The molecule has 0 saturated heterocycles. The van der Waals surface area contributed by atoms with Crippen molar-refractivity contribution >= 4 is 34.0 Å². The summed E-state index contributed by atoms with van der Waals surface area (Å²) in [5, 5.41) is 15.5. The molecule has 1 aliphatic heterocycles. The van der Waals surface area contributed by atoms with Gasteiger partial charge in [-0.2, -0.15) is 10.1 Å². The topological polar surface area (TPSA) is 106 Å². The minimum Gasteiger partial charge on any atom is -0.424 e. The summed E-state index contributed by atoms with van der Waals surface area (Å²) in [5.74, 6) is 0.744. The van der Waals surface area contributed by atoms with Gasteiger partial charge in [-0.3, -0.25) is 0 Å². The Hall–Kier alpha value is -3.98. The number of rotatable bonds is 5. The number of fused-ring (bicyclic) bond motifs is 3. The maximum Gasteiger partial charge on any atom is 0.295 e. The lowest BCUT2D eigenvalue weighted by Gasteiger charge is -2.18. The summed E-state index contributed by atoms with van der Waals surface area (Å²) in [6.07, 6.45) is 2.63. The first-order valence-electron chi connectivity index (χ1n) is 12.0. The van der Waals surface area contributed by atoms with Gasteiger partial charge in [-0.25, -0.2) is 14.6 Å². The van der Waals surface area contributed by atoms with E-state index in [9.17, 15) is 0 Å². The number of nitrogens with one attached hydrogen (secondary N) is 3. The molecule has 0 fully saturated rings. The van der Waals surface area contributed by atoms with Crippen molar-refractivity contribution in [1.82, 2.24) is 30.0 Å². The number of anilines is 2. The molecule has 0 saturated carbocycles. The predicted molar refractivity (Wildman–Crippen MR) is 140 cm³/mol. The van der Waals surface area contributed by atoms with Gasteiger partial charge >= 0.3 is 0 Å². The maximum absolute atomic E-state index is 5.68. The van der Waals surface area contributed by atoms with E-state index in [1.54, 1.807) is 13.4 Å². The quantitative estimate of drug-likeness (QED) is 0.346. The van der Waals surface area contributed by atoms with Crippen LogP contribution in [-0.4, -0.2) is 45.4 Å². The van der Waals surface area contributed by atoms with E-state index in [0.29, 0.717) is 12.6 Å². The molecule has 0 unspecified atom stereocenters. The summed E-state index contributed by atoms with van der Waals surface area (Å²) in [4.78, 5) is 13.5. The van der Waals surface area contributed by atoms with Crippen molar-refractivity contribution in [2.45, 2.75) is 33.4 Å². The van der Waals surface area contributed by atoms with Crippen molar-refractivity contribution in [3.05, 3.63) is 59.4 Å². The van der Waals surface area contributed by atoms with E-state index in [0.717, 1.165) is 58.7 Å². The summed E-state index contributed by atoms with van der Waals surface area (Å²) in [6, 6.07) is 13.1. The highest BCUT2D eigenvalue weighted by Gasteiger charge is 2.19. The highest BCUT2D eigenvalue weighted by molar-refractivity contribution is 6.00. The smallest absolute Gasteiger partial charge is 0.295 e. The molecule has 0 radical (unpaired) electrons. The van der Waals surface area contributed by atoms with Crippen molar-refractivity contribution in [1.29, 1.82) is 0 Å². The number of hydrogen-bond acceptors (Lipinski definition) is 8. The maximum atomic E-state index is 5.68. The normalized spacial score (nSPS) is 12.8. The lowest BCUT2D eigenvalue weighted by molar-refractivity contribution is 0.620. The number of oxazole rings is 1. The van der Waals surface area contributed by atoms with Gasteiger partial charge in [0.2, 0.25) is 0 Å². The second kappa shape index (κ2) is 9.71. The Bertz CT molecular complexity index is 1490. The lowest BCUT2D eigenvalue weighted by Crippen LogP contribution is -2.23. The average molecular weight is 471 g/mol. The largest absolute Gasteiger partial charge is 0.424 e. The minimum atomic E-state index is 0.486. The third-order valence-corrected chi connectivity index (χ3v) is 6.13. The van der Waals surface area contributed by atoms with Crippen LogP contribution in [0.5, 0.6) is 0 Å². The van der Waals surface area contributed by atoms with Crippen LogP contribution in [0.4, 0.5) is 11.8 Å². The Kier molecular flexibility index (Phi) is 6.33. The van der Waals surface area contributed by atoms with Gasteiger partial charge in [0.15, 0.2) is 11.2 Å². The molecule has 0 atom stereocenters. The average Bonchev–Trinajstić information content (AvgIpc) is 3.50. The molecule has 180 valence electrons. The van der Waals surface area contributed by atoms with Crippen LogP contribution in [0.2, 0.25) is 0 Å². The molecule has 1 aliphatic rings.